The lowest BCUT2D eigenvalue weighted by Crippen LogP contribution is -2.79. The van der Waals surface area contributed by atoms with E-state index < -0.39 is 76.4 Å². The standard InChI is InChI=1S/C48H52N6O14/c1-2-23-11-25(14-28(55)13-23)20-65-42-36(17-35-39(41(42)58)32(56)16-34(66-35)26-3-5-29(6-4-26)64-21-33(57)30-7-8-37(49)54-30)67-46-47(62)18-27(12-24-9-10-52-38(50)15-24)40(31-19-51-22-53-31)48(63,45(47)61)43(68-46)44(59)60/h3-9,11,13-18,31,33,40,43,45-46,51-55,57-58,61-63H,2,10,12,19-22,49-50H2,1H3,(H,59,60)/t31-,33+,40-,43-,45+,46-,47-,48-/m1/s1. The number of benzene rings is 3. The fraction of sp³-hybridized carbons (Fsp3) is 0.333. The van der Waals surface area contributed by atoms with Crippen molar-refractivity contribution in [3.05, 3.63) is 129 Å². The lowest BCUT2D eigenvalue weighted by atomic mass is 9.59. The Morgan fingerprint density at radius 3 is 2.49 bits per heavy atom. The van der Waals surface area contributed by atoms with Crippen molar-refractivity contribution in [3.8, 4) is 40.1 Å². The van der Waals surface area contributed by atoms with Crippen LogP contribution in [0.15, 0.2) is 111 Å². The van der Waals surface area contributed by atoms with Gasteiger partial charge in [0.1, 0.15) is 65.1 Å². The van der Waals surface area contributed by atoms with E-state index in [4.69, 9.17) is 34.8 Å². The van der Waals surface area contributed by atoms with Gasteiger partial charge in [-0.1, -0.05) is 24.6 Å². The van der Waals surface area contributed by atoms with Crippen LogP contribution in [0, 0.1) is 5.92 Å². The van der Waals surface area contributed by atoms with E-state index in [0.29, 0.717) is 65.0 Å². The summed E-state index contributed by atoms with van der Waals surface area (Å²) < 4.78 is 30.5. The first kappa shape index (κ1) is 46.1. The number of phenolic OH excluding ortho intramolecular Hbond substituents is 2. The van der Waals surface area contributed by atoms with Crippen LogP contribution in [0.25, 0.3) is 22.3 Å². The highest BCUT2D eigenvalue weighted by Gasteiger charge is 2.71. The Hall–Kier alpha value is -7.04. The number of ether oxygens (including phenoxy) is 4. The summed E-state index contributed by atoms with van der Waals surface area (Å²) in [5.74, 6) is -3.29. The number of carbonyl (C=O) groups is 1. The summed E-state index contributed by atoms with van der Waals surface area (Å²) in [5, 5.41) is 90.0. The number of nitrogen functional groups attached to an aromatic ring is 1. The molecule has 3 aromatic carbocycles. The lowest BCUT2D eigenvalue weighted by molar-refractivity contribution is -0.344. The number of anilines is 1. The van der Waals surface area contributed by atoms with Gasteiger partial charge in [-0.05, 0) is 90.2 Å². The number of carboxylic acids is 1. The predicted octanol–water partition coefficient (Wildman–Crippen LogP) is 1.84. The third-order valence-corrected chi connectivity index (χ3v) is 12.8. The van der Waals surface area contributed by atoms with Gasteiger partial charge >= 0.3 is 5.97 Å². The molecular formula is C48H52N6O14. The number of rotatable bonds is 15. The van der Waals surface area contributed by atoms with Gasteiger partial charge in [-0.3, -0.25) is 10.1 Å². The van der Waals surface area contributed by atoms with Gasteiger partial charge in [0.2, 0.25) is 12.0 Å². The molecule has 5 heterocycles. The SMILES string of the molecule is CCc1cc(O)cc(COc2c(O[C@@H]3O[C@H](C(=O)O)[C@]4(O)[C@@H]([C@H]5CNCN5)C(CC5=CCNC(N)=C5)=C[C@@]3(O)[C@@H]4O)cc3oc(-c4ccc(OC[C@H](O)c5ccc(N)[nH]5)cc4)cc(=O)c3c2O)c1. The molecule has 2 saturated heterocycles. The minimum Gasteiger partial charge on any atom is -0.508 e. The Bertz CT molecular complexity index is 2890. The maximum absolute atomic E-state index is 13.9. The first-order valence-corrected chi connectivity index (χ1v) is 21.9. The zero-order valence-corrected chi connectivity index (χ0v) is 36.6. The van der Waals surface area contributed by atoms with Gasteiger partial charge in [-0.25, -0.2) is 4.79 Å². The van der Waals surface area contributed by atoms with Crippen LogP contribution in [0.5, 0.6) is 28.7 Å². The summed E-state index contributed by atoms with van der Waals surface area (Å²) >= 11 is 0. The number of aromatic nitrogens is 1. The van der Waals surface area contributed by atoms with Crippen molar-refractivity contribution in [2.45, 2.75) is 68.2 Å². The Morgan fingerprint density at radius 1 is 1.01 bits per heavy atom. The summed E-state index contributed by atoms with van der Waals surface area (Å²) in [6, 6.07) is 16.2. The number of aromatic amines is 1. The normalized spacial score (nSPS) is 26.0. The molecule has 15 N–H and O–H groups in total. The first-order chi connectivity index (χ1) is 32.5. The van der Waals surface area contributed by atoms with Crippen molar-refractivity contribution in [2.24, 2.45) is 11.7 Å². The lowest BCUT2D eigenvalue weighted by Gasteiger charge is -2.58. The summed E-state index contributed by atoms with van der Waals surface area (Å²) in [5.41, 5.74) is 8.73. The Kier molecular flexibility index (Phi) is 12.3. The van der Waals surface area contributed by atoms with Crippen LogP contribution in [0.2, 0.25) is 0 Å². The Balaban J connectivity index is 1.12. The van der Waals surface area contributed by atoms with Crippen molar-refractivity contribution < 1.29 is 63.9 Å². The molecule has 0 spiro atoms. The fourth-order valence-electron chi connectivity index (χ4n) is 9.51. The quantitative estimate of drug-likeness (QED) is 0.0666. The number of nitrogens with one attached hydrogen (secondary N) is 4. The second-order valence-corrected chi connectivity index (χ2v) is 17.3. The molecular weight excluding hydrogens is 885 g/mol. The second kappa shape index (κ2) is 18.2. The van der Waals surface area contributed by atoms with E-state index in [1.54, 1.807) is 54.6 Å². The zero-order valence-electron chi connectivity index (χ0n) is 36.6. The third-order valence-electron chi connectivity index (χ3n) is 12.8. The van der Waals surface area contributed by atoms with E-state index in [2.05, 4.69) is 20.9 Å². The topological polar surface area (TPSA) is 330 Å². The van der Waals surface area contributed by atoms with Crippen LogP contribution >= 0.6 is 0 Å². The molecule has 2 fully saturated rings. The van der Waals surface area contributed by atoms with E-state index in [1.807, 2.05) is 13.0 Å². The third kappa shape index (κ3) is 8.58. The number of hydrogen-bond acceptors (Lipinski definition) is 18. The number of nitrogens with two attached hydrogens (primary N) is 2. The summed E-state index contributed by atoms with van der Waals surface area (Å²) in [4.78, 5) is 30.0. The van der Waals surface area contributed by atoms with Gasteiger partial charge in [0.15, 0.2) is 28.6 Å². The number of aliphatic hydroxyl groups is 4. The monoisotopic (exact) mass is 936 g/mol. The molecule has 3 aliphatic heterocycles. The Labute approximate surface area is 387 Å². The van der Waals surface area contributed by atoms with Crippen LogP contribution in [-0.4, -0.2) is 109 Å². The molecule has 20 heteroatoms. The molecule has 5 aromatic rings. The highest BCUT2D eigenvalue weighted by molar-refractivity contribution is 5.89. The highest BCUT2D eigenvalue weighted by Crippen LogP contribution is 2.53. The van der Waals surface area contributed by atoms with Crippen molar-refractivity contribution in [1.82, 2.24) is 20.9 Å². The number of hydrogen-bond donors (Lipinski definition) is 13. The summed E-state index contributed by atoms with van der Waals surface area (Å²) in [6.07, 6.45) is -2.08. The average molecular weight is 937 g/mol. The highest BCUT2D eigenvalue weighted by atomic mass is 16.7. The van der Waals surface area contributed by atoms with E-state index >= 15 is 0 Å². The van der Waals surface area contributed by atoms with Crippen molar-refractivity contribution in [2.75, 3.05) is 32.1 Å². The van der Waals surface area contributed by atoms with Gasteiger partial charge in [-0.2, -0.15) is 0 Å². The fourth-order valence-corrected chi connectivity index (χ4v) is 9.51. The smallest absolute Gasteiger partial charge is 0.336 e. The van der Waals surface area contributed by atoms with E-state index in [-0.39, 0.29) is 48.7 Å². The number of aliphatic carboxylic acids is 1. The number of aromatic hydroxyl groups is 2. The first-order valence-electron chi connectivity index (χ1n) is 21.9. The molecule has 358 valence electrons. The molecule has 68 heavy (non-hydrogen) atoms. The maximum atomic E-state index is 13.9. The Morgan fingerprint density at radius 2 is 1.79 bits per heavy atom. The molecule has 4 aliphatic rings. The van der Waals surface area contributed by atoms with Gasteiger partial charge < -0.3 is 86.2 Å². The van der Waals surface area contributed by atoms with Gasteiger partial charge in [-0.15, -0.1) is 0 Å². The van der Waals surface area contributed by atoms with Crippen molar-refractivity contribution in [3.63, 3.8) is 0 Å². The van der Waals surface area contributed by atoms with E-state index in [1.165, 1.54) is 18.2 Å². The molecule has 1 aliphatic carbocycles. The largest absolute Gasteiger partial charge is 0.508 e. The molecule has 2 bridgehead atoms. The van der Waals surface area contributed by atoms with Crippen LogP contribution in [-0.2, 0) is 22.6 Å². The van der Waals surface area contributed by atoms with Crippen molar-refractivity contribution >= 4 is 22.8 Å². The molecule has 20 nitrogen and oxygen atoms in total. The van der Waals surface area contributed by atoms with Crippen LogP contribution in [0.3, 0.4) is 0 Å². The van der Waals surface area contributed by atoms with Crippen LogP contribution in [0.1, 0.15) is 36.3 Å². The molecule has 0 radical (unpaired) electrons. The van der Waals surface area contributed by atoms with Crippen LogP contribution in [0.4, 0.5) is 5.82 Å². The number of H-pyrrole nitrogens is 1. The number of carboxylic acid groups (broad SMARTS) is 1. The number of fused-ring (bicyclic) bond motifs is 3. The minimum atomic E-state index is -2.66. The molecule has 2 aromatic heterocycles. The molecule has 0 amide bonds. The molecule has 8 atom stereocenters. The molecule has 9 rings (SSSR count). The van der Waals surface area contributed by atoms with Gasteiger partial charge in [0, 0.05) is 55.1 Å². The number of allylic oxidation sites excluding steroid dienone is 2. The number of dihydropyridines is 1. The number of aliphatic hydroxyl groups excluding tert-OH is 2. The molecule has 0 unspecified atom stereocenters. The van der Waals surface area contributed by atoms with Gasteiger partial charge in [0.05, 0.1) is 5.82 Å². The zero-order chi connectivity index (χ0) is 48.1. The molecule has 0 saturated carbocycles. The minimum absolute atomic E-state index is 0.0450. The number of phenols is 2. The maximum Gasteiger partial charge on any atom is 0.336 e. The number of aryl methyl sites for hydroxylation is 1. The predicted molar refractivity (Wildman–Crippen MR) is 244 cm³/mol. The average Bonchev–Trinajstić information content (AvgIpc) is 4.00. The van der Waals surface area contributed by atoms with Crippen molar-refractivity contribution in [1.29, 1.82) is 0 Å². The van der Waals surface area contributed by atoms with Crippen LogP contribution < -0.4 is 47.1 Å². The summed E-state index contributed by atoms with van der Waals surface area (Å²) in [7, 11) is 0. The van der Waals surface area contributed by atoms with E-state index in [9.17, 15) is 45.3 Å². The van der Waals surface area contributed by atoms with Gasteiger partial charge in [0.25, 0.3) is 0 Å². The summed E-state index contributed by atoms with van der Waals surface area (Å²) in [6.45, 7) is 2.47. The second-order valence-electron chi connectivity index (χ2n) is 17.3. The van der Waals surface area contributed by atoms with E-state index in [0.717, 1.165) is 11.6 Å².